The maximum absolute atomic E-state index is 11.1. The number of phenolic OH excluding ortho intramolecular Hbond substituents is 2. The van der Waals surface area contributed by atoms with Crippen LogP contribution in [0.3, 0.4) is 0 Å². The summed E-state index contributed by atoms with van der Waals surface area (Å²) >= 11 is 0. The second-order valence-electron chi connectivity index (χ2n) is 7.31. The van der Waals surface area contributed by atoms with Gasteiger partial charge in [0.05, 0.1) is 30.8 Å². The zero-order chi connectivity index (χ0) is 24.9. The molecule has 1 aliphatic rings. The minimum atomic E-state index is -0.882. The molecule has 0 aliphatic heterocycles. The second-order valence-corrected chi connectivity index (χ2v) is 7.31. The van der Waals surface area contributed by atoms with Crippen LogP contribution in [0.5, 0.6) is 11.5 Å². The van der Waals surface area contributed by atoms with Crippen LogP contribution in [0.1, 0.15) is 49.1 Å². The van der Waals surface area contributed by atoms with Crippen molar-refractivity contribution in [3.8, 4) is 11.5 Å². The summed E-state index contributed by atoms with van der Waals surface area (Å²) in [6, 6.07) is 4.12. The lowest BCUT2D eigenvalue weighted by atomic mass is 9.82. The second kappa shape index (κ2) is 10.3. The van der Waals surface area contributed by atoms with Crippen molar-refractivity contribution >= 4 is 22.7 Å². The summed E-state index contributed by atoms with van der Waals surface area (Å²) in [7, 11) is 0. The molecule has 3 rings (SSSR count). The van der Waals surface area contributed by atoms with Gasteiger partial charge in [0.2, 0.25) is 0 Å². The first-order valence-corrected chi connectivity index (χ1v) is 9.73. The minimum absolute atomic E-state index is 0.107. The number of benzene rings is 2. The first-order valence-electron chi connectivity index (χ1n) is 9.73. The summed E-state index contributed by atoms with van der Waals surface area (Å²) in [5.41, 5.74) is -2.39. The van der Waals surface area contributed by atoms with E-state index in [1.807, 2.05) is 0 Å². The number of nitro groups is 4. The number of rotatable bonds is 5. The summed E-state index contributed by atoms with van der Waals surface area (Å²) in [5, 5.41) is 61.9. The molecule has 0 aromatic heterocycles. The molecule has 0 spiro atoms. The Bertz CT molecular complexity index is 1110. The molecule has 1 fully saturated rings. The number of nitrogens with zero attached hydrogens (tertiary/aromatic N) is 4. The van der Waals surface area contributed by atoms with Crippen molar-refractivity contribution in [3.63, 3.8) is 0 Å². The Balaban J connectivity index is 0.000000245. The molecule has 0 saturated heterocycles. The van der Waals surface area contributed by atoms with Crippen LogP contribution in [0.25, 0.3) is 0 Å². The summed E-state index contributed by atoms with van der Waals surface area (Å²) in [5.74, 6) is -0.722. The van der Waals surface area contributed by atoms with Gasteiger partial charge in [-0.15, -0.1) is 0 Å². The Kier molecular flexibility index (Phi) is 7.77. The van der Waals surface area contributed by atoms with Gasteiger partial charge < -0.3 is 10.2 Å². The lowest BCUT2D eigenvalue weighted by Crippen LogP contribution is -2.09. The summed E-state index contributed by atoms with van der Waals surface area (Å²) in [4.78, 5) is 39.6. The van der Waals surface area contributed by atoms with Crippen molar-refractivity contribution in [3.05, 3.63) is 75.8 Å². The number of nitro benzene ring substituents is 4. The highest BCUT2D eigenvalue weighted by Crippen LogP contribution is 2.45. The Morgan fingerprint density at radius 1 is 0.697 bits per heavy atom. The van der Waals surface area contributed by atoms with Gasteiger partial charge in [-0.25, -0.2) is 0 Å². The van der Waals surface area contributed by atoms with Crippen LogP contribution in [0.2, 0.25) is 0 Å². The van der Waals surface area contributed by atoms with Crippen LogP contribution in [-0.4, -0.2) is 29.9 Å². The molecule has 0 heterocycles. The van der Waals surface area contributed by atoms with Gasteiger partial charge in [-0.3, -0.25) is 40.5 Å². The van der Waals surface area contributed by atoms with Crippen LogP contribution in [-0.2, 0) is 0 Å². The lowest BCUT2D eigenvalue weighted by Gasteiger charge is -2.22. The monoisotopic (exact) mass is 464 g/mol. The molecule has 0 bridgehead atoms. The molecular weight excluding hydrogens is 444 g/mol. The van der Waals surface area contributed by atoms with Crippen molar-refractivity contribution in [2.24, 2.45) is 0 Å². The third-order valence-corrected chi connectivity index (χ3v) is 5.33. The molecule has 0 atom stereocenters. The Hall–Kier alpha value is -4.36. The number of hydrogen-bond donors (Lipinski definition) is 2. The average molecular weight is 464 g/mol. The van der Waals surface area contributed by atoms with Crippen LogP contribution in [0.15, 0.2) is 24.3 Å². The molecule has 176 valence electrons. The molecule has 33 heavy (non-hydrogen) atoms. The highest BCUT2D eigenvalue weighted by atomic mass is 16.6. The zero-order valence-electron chi connectivity index (χ0n) is 17.4. The fourth-order valence-electron chi connectivity index (χ4n) is 3.77. The van der Waals surface area contributed by atoms with Crippen LogP contribution in [0.4, 0.5) is 22.7 Å². The maximum Gasteiger partial charge on any atom is 0.353 e. The van der Waals surface area contributed by atoms with Gasteiger partial charge in [0.15, 0.2) is 0 Å². The zero-order valence-corrected chi connectivity index (χ0v) is 17.4. The van der Waals surface area contributed by atoms with E-state index in [4.69, 9.17) is 5.11 Å². The van der Waals surface area contributed by atoms with Gasteiger partial charge in [-0.05, 0) is 37.8 Å². The predicted octanol–water partition coefficient (Wildman–Crippen LogP) is 4.77. The smallest absolute Gasteiger partial charge is 0.353 e. The molecule has 0 unspecified atom stereocenters. The van der Waals surface area contributed by atoms with Gasteiger partial charge in [-0.1, -0.05) is 19.3 Å². The van der Waals surface area contributed by atoms with E-state index in [0.29, 0.717) is 0 Å². The fourth-order valence-corrected chi connectivity index (χ4v) is 3.77. The molecule has 1 aliphatic carbocycles. The first kappa shape index (κ1) is 24.9. The van der Waals surface area contributed by atoms with E-state index in [9.17, 15) is 45.6 Å². The highest BCUT2D eigenvalue weighted by Gasteiger charge is 2.35. The van der Waals surface area contributed by atoms with Crippen LogP contribution < -0.4 is 0 Å². The Morgan fingerprint density at radius 3 is 1.61 bits per heavy atom. The van der Waals surface area contributed by atoms with E-state index < -0.39 is 42.4 Å². The topological polar surface area (TPSA) is 213 Å². The van der Waals surface area contributed by atoms with E-state index in [-0.39, 0.29) is 28.5 Å². The Labute approximate surface area is 185 Å². The molecule has 2 N–H and O–H groups in total. The summed E-state index contributed by atoms with van der Waals surface area (Å²) in [6.07, 6.45) is 4.33. The molecule has 1 saturated carbocycles. The third-order valence-electron chi connectivity index (χ3n) is 5.33. The quantitative estimate of drug-likeness (QED) is 0.456. The van der Waals surface area contributed by atoms with Gasteiger partial charge in [0.25, 0.3) is 0 Å². The van der Waals surface area contributed by atoms with Crippen LogP contribution in [0, 0.1) is 47.4 Å². The van der Waals surface area contributed by atoms with Crippen LogP contribution >= 0.6 is 0 Å². The molecule has 14 nitrogen and oxygen atoms in total. The van der Waals surface area contributed by atoms with Gasteiger partial charge in [0.1, 0.15) is 11.5 Å². The lowest BCUT2D eigenvalue weighted by molar-refractivity contribution is -0.423. The molecule has 0 radical (unpaired) electrons. The normalized spacial score (nSPS) is 13.5. The molecule has 2 aromatic carbocycles. The minimum Gasteiger partial charge on any atom is -0.507 e. The molecule has 0 amide bonds. The fraction of sp³-hybridized carbons (Fsp3) is 0.368. The highest BCUT2D eigenvalue weighted by molar-refractivity contribution is 5.64. The average Bonchev–Trinajstić information content (AvgIpc) is 2.75. The van der Waals surface area contributed by atoms with Crippen molar-refractivity contribution < 1.29 is 29.9 Å². The van der Waals surface area contributed by atoms with Gasteiger partial charge >= 0.3 is 22.7 Å². The van der Waals surface area contributed by atoms with Gasteiger partial charge in [-0.2, -0.15) is 0 Å². The van der Waals surface area contributed by atoms with E-state index in [0.717, 1.165) is 50.3 Å². The number of hydrogen-bond acceptors (Lipinski definition) is 10. The molecular formula is C19H20N4O10. The van der Waals surface area contributed by atoms with E-state index in [1.165, 1.54) is 13.0 Å². The van der Waals surface area contributed by atoms with Crippen molar-refractivity contribution in [2.75, 3.05) is 0 Å². The third kappa shape index (κ3) is 5.47. The standard InChI is InChI=1S/C12H14N2O5.C7H6N2O5/c15-10-7-6-9(13(16)17)12(14(18)19)11(10)8-4-2-1-3-5-8;1-4-6(10)3-2-5(8(11)12)7(4)9(13)14/h6-8,15H,1-5H2;2-3,10H,1H3. The molecule has 14 heteroatoms. The van der Waals surface area contributed by atoms with E-state index in [1.54, 1.807) is 0 Å². The summed E-state index contributed by atoms with van der Waals surface area (Å²) < 4.78 is 0. The Morgan fingerprint density at radius 2 is 1.15 bits per heavy atom. The van der Waals surface area contributed by atoms with Crippen molar-refractivity contribution in [1.29, 1.82) is 0 Å². The molecule has 2 aromatic rings. The number of aromatic hydroxyl groups is 2. The van der Waals surface area contributed by atoms with E-state index >= 15 is 0 Å². The van der Waals surface area contributed by atoms with Gasteiger partial charge in [0, 0.05) is 12.1 Å². The summed E-state index contributed by atoms with van der Waals surface area (Å²) in [6.45, 7) is 1.25. The SMILES string of the molecule is Cc1c(O)ccc([N+](=O)[O-])c1[N+](=O)[O-].O=[N+]([O-])c1ccc(O)c(C2CCCCC2)c1[N+](=O)[O-]. The maximum atomic E-state index is 11.1. The van der Waals surface area contributed by atoms with Crippen molar-refractivity contribution in [2.45, 2.75) is 44.9 Å². The predicted molar refractivity (Wildman–Crippen MR) is 113 cm³/mol. The van der Waals surface area contributed by atoms with E-state index in [2.05, 4.69) is 0 Å². The number of phenols is 2. The first-order chi connectivity index (χ1) is 15.5. The van der Waals surface area contributed by atoms with Crippen molar-refractivity contribution in [1.82, 2.24) is 0 Å². The largest absolute Gasteiger partial charge is 0.507 e.